The topological polar surface area (TPSA) is 81.5 Å². The number of rotatable bonds is 6. The fourth-order valence-corrected chi connectivity index (χ4v) is 1.83. The number of benzene rings is 2. The second-order valence-electron chi connectivity index (χ2n) is 4.60. The maximum Gasteiger partial charge on any atom is 0.285 e. The van der Waals surface area contributed by atoms with Gasteiger partial charge in [-0.1, -0.05) is 0 Å². The van der Waals surface area contributed by atoms with E-state index in [0.29, 0.717) is 17.9 Å². The van der Waals surface area contributed by atoms with E-state index in [1.165, 1.54) is 24.3 Å². The normalized spacial score (nSPS) is 10.3. The monoisotopic (exact) mass is 340 g/mol. The number of halogens is 3. The van der Waals surface area contributed by atoms with Gasteiger partial charge in [0.2, 0.25) is 0 Å². The van der Waals surface area contributed by atoms with Crippen LogP contribution in [0.25, 0.3) is 0 Å². The third-order valence-electron chi connectivity index (χ3n) is 2.95. The van der Waals surface area contributed by atoms with Crippen molar-refractivity contribution in [1.82, 2.24) is 5.32 Å². The Bertz CT molecular complexity index is 766. The fourth-order valence-electron chi connectivity index (χ4n) is 1.83. The van der Waals surface area contributed by atoms with E-state index in [1.807, 2.05) is 0 Å². The molecule has 2 aromatic rings. The van der Waals surface area contributed by atoms with Gasteiger partial charge in [0, 0.05) is 0 Å². The number of amides is 1. The highest BCUT2D eigenvalue weighted by Crippen LogP contribution is 2.22. The maximum absolute atomic E-state index is 13.2. The molecule has 9 heteroatoms. The van der Waals surface area contributed by atoms with Crippen LogP contribution in [0.1, 0.15) is 10.4 Å². The van der Waals surface area contributed by atoms with Crippen LogP contribution in [0.5, 0.6) is 5.75 Å². The van der Waals surface area contributed by atoms with Crippen LogP contribution in [0, 0.1) is 27.6 Å². The van der Waals surface area contributed by atoms with E-state index in [1.54, 1.807) is 0 Å². The van der Waals surface area contributed by atoms with Gasteiger partial charge in [-0.05, 0) is 30.3 Å². The Morgan fingerprint density at radius 1 is 1.12 bits per heavy atom. The second kappa shape index (κ2) is 7.44. The van der Waals surface area contributed by atoms with E-state index in [2.05, 4.69) is 5.32 Å². The lowest BCUT2D eigenvalue weighted by atomic mass is 10.1. The Morgan fingerprint density at radius 2 is 1.75 bits per heavy atom. The van der Waals surface area contributed by atoms with Crippen LogP contribution in [0.3, 0.4) is 0 Å². The number of nitro groups is 1. The molecule has 0 atom stereocenters. The number of nitrogens with zero attached hydrogens (tertiary/aromatic N) is 1. The van der Waals surface area contributed by atoms with Crippen molar-refractivity contribution in [3.63, 3.8) is 0 Å². The largest absolute Gasteiger partial charge is 0.492 e. The minimum atomic E-state index is -1.42. The van der Waals surface area contributed by atoms with Crippen LogP contribution in [-0.4, -0.2) is 24.0 Å². The number of nitro benzene ring substituents is 1. The van der Waals surface area contributed by atoms with E-state index in [0.717, 1.165) is 0 Å². The van der Waals surface area contributed by atoms with Crippen molar-refractivity contribution in [3.8, 4) is 5.75 Å². The summed E-state index contributed by atoms with van der Waals surface area (Å²) >= 11 is 0. The van der Waals surface area contributed by atoms with Crippen molar-refractivity contribution < 1.29 is 27.6 Å². The zero-order valence-electron chi connectivity index (χ0n) is 12.1. The predicted molar refractivity (Wildman–Crippen MR) is 77.2 cm³/mol. The van der Waals surface area contributed by atoms with Crippen molar-refractivity contribution in [3.05, 3.63) is 69.5 Å². The Morgan fingerprint density at radius 3 is 2.38 bits per heavy atom. The van der Waals surface area contributed by atoms with Crippen LogP contribution in [0.4, 0.5) is 18.9 Å². The summed E-state index contributed by atoms with van der Waals surface area (Å²) < 4.78 is 44.2. The summed E-state index contributed by atoms with van der Waals surface area (Å²) in [7, 11) is 0. The molecule has 0 saturated heterocycles. The third kappa shape index (κ3) is 4.22. The molecule has 6 nitrogen and oxygen atoms in total. The zero-order valence-corrected chi connectivity index (χ0v) is 12.1. The molecule has 0 spiro atoms. The Labute approximate surface area is 134 Å². The highest BCUT2D eigenvalue weighted by Gasteiger charge is 2.23. The second-order valence-corrected chi connectivity index (χ2v) is 4.60. The molecule has 2 rings (SSSR count). The molecule has 0 unspecified atom stereocenters. The molecule has 0 aromatic heterocycles. The average molecular weight is 340 g/mol. The summed E-state index contributed by atoms with van der Waals surface area (Å²) in [5, 5.41) is 13.1. The molecule has 1 N–H and O–H groups in total. The molecule has 0 aliphatic heterocycles. The summed E-state index contributed by atoms with van der Waals surface area (Å²) in [6, 6.07) is 5.97. The smallest absolute Gasteiger partial charge is 0.285 e. The first-order valence-electron chi connectivity index (χ1n) is 6.68. The van der Waals surface area contributed by atoms with Gasteiger partial charge < -0.3 is 10.1 Å². The molecular weight excluding hydrogens is 329 g/mol. The third-order valence-corrected chi connectivity index (χ3v) is 2.95. The van der Waals surface area contributed by atoms with E-state index in [9.17, 15) is 28.1 Å². The molecule has 0 bridgehead atoms. The number of nitrogens with one attached hydrogen (secondary N) is 1. The van der Waals surface area contributed by atoms with Crippen molar-refractivity contribution in [2.45, 2.75) is 0 Å². The Kier molecular flexibility index (Phi) is 5.35. The van der Waals surface area contributed by atoms with E-state index >= 15 is 0 Å². The van der Waals surface area contributed by atoms with Crippen LogP contribution >= 0.6 is 0 Å². The number of hydrogen-bond donors (Lipinski definition) is 1. The van der Waals surface area contributed by atoms with Gasteiger partial charge in [0.05, 0.1) is 17.5 Å². The summed E-state index contributed by atoms with van der Waals surface area (Å²) in [6.45, 7) is -0.0544. The first-order valence-corrected chi connectivity index (χ1v) is 6.68. The molecule has 0 aliphatic rings. The molecule has 0 aliphatic carbocycles. The number of hydrogen-bond acceptors (Lipinski definition) is 4. The van der Waals surface area contributed by atoms with Gasteiger partial charge in [-0.25, -0.2) is 13.2 Å². The van der Waals surface area contributed by atoms with Gasteiger partial charge in [0.25, 0.3) is 11.6 Å². The van der Waals surface area contributed by atoms with Gasteiger partial charge in [-0.2, -0.15) is 0 Å². The highest BCUT2D eigenvalue weighted by atomic mass is 19.2. The summed E-state index contributed by atoms with van der Waals surface area (Å²) in [5.41, 5.74) is -1.44. The lowest BCUT2D eigenvalue weighted by Gasteiger charge is -2.08. The van der Waals surface area contributed by atoms with Crippen molar-refractivity contribution in [1.29, 1.82) is 0 Å². The van der Waals surface area contributed by atoms with Gasteiger partial charge in [-0.3, -0.25) is 14.9 Å². The molecule has 2 aromatic carbocycles. The molecule has 126 valence electrons. The van der Waals surface area contributed by atoms with Crippen molar-refractivity contribution in [2.75, 3.05) is 13.2 Å². The maximum atomic E-state index is 13.2. The van der Waals surface area contributed by atoms with Gasteiger partial charge >= 0.3 is 0 Å². The molecule has 1 amide bonds. The Balaban J connectivity index is 1.96. The summed E-state index contributed by atoms with van der Waals surface area (Å²) in [6.07, 6.45) is 0. The predicted octanol–water partition coefficient (Wildman–Crippen LogP) is 2.82. The fraction of sp³-hybridized carbons (Fsp3) is 0.133. The number of ether oxygens (including phenoxy) is 1. The lowest BCUT2D eigenvalue weighted by molar-refractivity contribution is -0.385. The van der Waals surface area contributed by atoms with Crippen LogP contribution in [-0.2, 0) is 0 Å². The average Bonchev–Trinajstić information content (AvgIpc) is 2.55. The van der Waals surface area contributed by atoms with Crippen LogP contribution < -0.4 is 10.1 Å². The Hall–Kier alpha value is -3.10. The SMILES string of the molecule is O=C(NCCOc1ccc(F)cc1)c1cc(F)c(F)cc1[N+](=O)[O-]. The van der Waals surface area contributed by atoms with Crippen LogP contribution in [0.2, 0.25) is 0 Å². The van der Waals surface area contributed by atoms with Gasteiger partial charge in [0.1, 0.15) is 23.7 Å². The van der Waals surface area contributed by atoms with E-state index in [-0.39, 0.29) is 13.2 Å². The number of carbonyl (C=O) groups is 1. The first kappa shape index (κ1) is 17.3. The standard InChI is InChI=1S/C15H11F3N2O4/c16-9-1-3-10(4-2-9)24-6-5-19-15(21)11-7-12(17)13(18)8-14(11)20(22)23/h1-4,7-8H,5-6H2,(H,19,21). The van der Waals surface area contributed by atoms with Gasteiger partial charge in [0.15, 0.2) is 11.6 Å². The molecule has 0 radical (unpaired) electrons. The van der Waals surface area contributed by atoms with E-state index in [4.69, 9.17) is 4.74 Å². The zero-order chi connectivity index (χ0) is 17.7. The minimum Gasteiger partial charge on any atom is -0.492 e. The lowest BCUT2D eigenvalue weighted by Crippen LogP contribution is -2.28. The summed E-state index contributed by atoms with van der Waals surface area (Å²) in [4.78, 5) is 21.7. The van der Waals surface area contributed by atoms with E-state index < -0.39 is 39.5 Å². The molecule has 0 fully saturated rings. The summed E-state index contributed by atoms with van der Waals surface area (Å²) in [5.74, 6) is -3.79. The molecule has 0 saturated carbocycles. The highest BCUT2D eigenvalue weighted by molar-refractivity contribution is 5.98. The quantitative estimate of drug-likeness (QED) is 0.498. The van der Waals surface area contributed by atoms with Crippen LogP contribution in [0.15, 0.2) is 36.4 Å². The molecule has 24 heavy (non-hydrogen) atoms. The van der Waals surface area contributed by atoms with Crippen molar-refractivity contribution in [2.24, 2.45) is 0 Å². The minimum absolute atomic E-state index is 0.00511. The first-order chi connectivity index (χ1) is 11.4. The molecular formula is C15H11F3N2O4. The van der Waals surface area contributed by atoms with Gasteiger partial charge in [-0.15, -0.1) is 0 Å². The van der Waals surface area contributed by atoms with Crippen molar-refractivity contribution >= 4 is 11.6 Å². The number of carbonyl (C=O) groups excluding carboxylic acids is 1. The molecule has 0 heterocycles.